The molecule has 0 radical (unpaired) electrons. The minimum absolute atomic E-state index is 0.106. The Bertz CT molecular complexity index is 1530. The molecule has 3 aromatic rings. The summed E-state index contributed by atoms with van der Waals surface area (Å²) in [5, 5.41) is 3.07. The minimum Gasteiger partial charge on any atom is -0.475 e. The molecule has 0 fully saturated rings. The number of benzene rings is 2. The number of esters is 1. The van der Waals surface area contributed by atoms with Crippen molar-refractivity contribution in [1.29, 1.82) is 0 Å². The van der Waals surface area contributed by atoms with Crippen LogP contribution in [0.1, 0.15) is 43.0 Å². The molecule has 44 heavy (non-hydrogen) atoms. The molecule has 0 amide bonds. The Morgan fingerprint density at radius 3 is 2.27 bits per heavy atom. The van der Waals surface area contributed by atoms with Gasteiger partial charge in [-0.15, -0.1) is 8.42 Å². The van der Waals surface area contributed by atoms with E-state index in [9.17, 15) is 13.2 Å². The number of aromatic nitrogens is 1. The van der Waals surface area contributed by atoms with Crippen LogP contribution in [0.4, 0.5) is 5.69 Å². The Kier molecular flexibility index (Phi) is 11.2. The van der Waals surface area contributed by atoms with Crippen LogP contribution < -0.4 is 18.4 Å². The molecule has 4 rings (SSSR count). The fraction of sp³-hybridized carbons (Fsp3) is 0.375. The minimum atomic E-state index is -4.03. The highest BCUT2D eigenvalue weighted by atomic mass is 32.3. The fourth-order valence-corrected chi connectivity index (χ4v) is 4.91. The zero-order chi connectivity index (χ0) is 31.6. The number of nitrogens with zero attached hydrogens (tertiary/aromatic N) is 1. The molecular formula is C32H38N2O9S. The molecule has 0 saturated heterocycles. The van der Waals surface area contributed by atoms with Crippen molar-refractivity contribution in [2.45, 2.75) is 39.7 Å². The van der Waals surface area contributed by atoms with Gasteiger partial charge in [-0.1, -0.05) is 30.4 Å². The first kappa shape index (κ1) is 32.8. The molecule has 0 bridgehead atoms. The highest BCUT2D eigenvalue weighted by Gasteiger charge is 2.31. The fourth-order valence-electron chi connectivity index (χ4n) is 4.13. The van der Waals surface area contributed by atoms with E-state index in [0.717, 1.165) is 27.9 Å². The Morgan fingerprint density at radius 1 is 0.886 bits per heavy atom. The van der Waals surface area contributed by atoms with Gasteiger partial charge < -0.3 is 32.6 Å². The number of aryl methyl sites for hydroxylation is 1. The molecular weight excluding hydrogens is 588 g/mol. The average Bonchev–Trinajstić information content (AvgIpc) is 3.29. The Hall–Kier alpha value is -4.13. The van der Waals surface area contributed by atoms with Crippen molar-refractivity contribution in [3.8, 4) is 17.4 Å². The van der Waals surface area contributed by atoms with Gasteiger partial charge in [-0.05, 0) is 75.1 Å². The number of hydrogen-bond acceptors (Lipinski definition) is 11. The van der Waals surface area contributed by atoms with E-state index in [0.29, 0.717) is 45.3 Å². The summed E-state index contributed by atoms with van der Waals surface area (Å²) in [4.78, 5) is 16.2. The standard InChI is InChI=1S/C32H38N2O9S/c1-23-5-13-28-31(43-44(36,37)42-28)27(23)15-16-38-17-18-39-19-20-40-29-14-10-25(21-34-29)7-6-24-8-11-26(12-9-24)33-22-30(35)41-32(2,3)4/h5-14,21,33H,15-20,22H2,1-4H3/b7-6+. The first-order valence-electron chi connectivity index (χ1n) is 14.2. The highest BCUT2D eigenvalue weighted by Crippen LogP contribution is 2.40. The van der Waals surface area contributed by atoms with E-state index in [1.807, 2.05) is 70.2 Å². The van der Waals surface area contributed by atoms with Crippen LogP contribution in [-0.4, -0.2) is 64.6 Å². The second-order valence-electron chi connectivity index (χ2n) is 10.9. The number of rotatable bonds is 15. The lowest BCUT2D eigenvalue weighted by Gasteiger charge is -2.19. The molecule has 11 nitrogen and oxygen atoms in total. The maximum Gasteiger partial charge on any atom is 0.501 e. The lowest BCUT2D eigenvalue weighted by molar-refractivity contribution is -0.152. The molecule has 236 valence electrons. The molecule has 1 aliphatic heterocycles. The number of hydrogen-bond donors (Lipinski definition) is 1. The molecule has 1 N–H and O–H groups in total. The van der Waals surface area contributed by atoms with Crippen LogP contribution in [-0.2, 0) is 35.8 Å². The first-order chi connectivity index (χ1) is 21.0. The van der Waals surface area contributed by atoms with Gasteiger partial charge in [0.2, 0.25) is 5.88 Å². The van der Waals surface area contributed by atoms with E-state index in [4.69, 9.17) is 27.3 Å². The number of nitrogens with one attached hydrogen (secondary N) is 1. The van der Waals surface area contributed by atoms with Crippen LogP contribution in [0, 0.1) is 6.92 Å². The summed E-state index contributed by atoms with van der Waals surface area (Å²) in [7, 11) is -4.03. The summed E-state index contributed by atoms with van der Waals surface area (Å²) in [5.74, 6) is 0.631. The molecule has 0 saturated carbocycles. The van der Waals surface area contributed by atoms with E-state index in [-0.39, 0.29) is 24.0 Å². The summed E-state index contributed by atoms with van der Waals surface area (Å²) < 4.78 is 55.1. The van der Waals surface area contributed by atoms with Crippen LogP contribution in [0.25, 0.3) is 12.2 Å². The van der Waals surface area contributed by atoms with Gasteiger partial charge in [-0.3, -0.25) is 4.79 Å². The SMILES string of the molecule is Cc1ccc2c(c1CCOCCOCCOc1ccc(/C=C/c3ccc(NCC(=O)OC(C)(C)C)cc3)cn1)OS(=O)(=O)O2. The van der Waals surface area contributed by atoms with Crippen LogP contribution in [0.2, 0.25) is 0 Å². The average molecular weight is 627 g/mol. The number of ether oxygens (including phenoxy) is 4. The molecule has 0 atom stereocenters. The van der Waals surface area contributed by atoms with Crippen molar-refractivity contribution in [1.82, 2.24) is 4.98 Å². The van der Waals surface area contributed by atoms with E-state index in [1.54, 1.807) is 24.4 Å². The van der Waals surface area contributed by atoms with Crippen molar-refractivity contribution in [2.24, 2.45) is 0 Å². The summed E-state index contributed by atoms with van der Waals surface area (Å²) in [6.07, 6.45) is 6.14. The normalized spacial score (nSPS) is 13.6. The molecule has 1 aromatic heterocycles. The largest absolute Gasteiger partial charge is 0.501 e. The molecule has 0 aliphatic carbocycles. The molecule has 0 spiro atoms. The van der Waals surface area contributed by atoms with E-state index >= 15 is 0 Å². The van der Waals surface area contributed by atoms with Crippen molar-refractivity contribution < 1.29 is 40.5 Å². The van der Waals surface area contributed by atoms with Gasteiger partial charge in [-0.2, -0.15) is 0 Å². The Morgan fingerprint density at radius 2 is 1.57 bits per heavy atom. The first-order valence-corrected chi connectivity index (χ1v) is 15.6. The lowest BCUT2D eigenvalue weighted by atomic mass is 10.0. The second kappa shape index (κ2) is 15.0. The quantitative estimate of drug-likeness (QED) is 0.181. The molecule has 2 aromatic carbocycles. The lowest BCUT2D eigenvalue weighted by Crippen LogP contribution is -2.28. The second-order valence-corrected chi connectivity index (χ2v) is 12.1. The van der Waals surface area contributed by atoms with Gasteiger partial charge in [0.1, 0.15) is 18.8 Å². The van der Waals surface area contributed by atoms with Gasteiger partial charge in [0, 0.05) is 23.5 Å². The van der Waals surface area contributed by atoms with Crippen molar-refractivity contribution in [2.75, 3.05) is 44.9 Å². The van der Waals surface area contributed by atoms with Gasteiger partial charge >= 0.3 is 16.4 Å². The summed E-state index contributed by atoms with van der Waals surface area (Å²) in [5.41, 5.74) is 3.90. The van der Waals surface area contributed by atoms with E-state index in [2.05, 4.69) is 10.3 Å². The number of pyridine rings is 1. The predicted molar refractivity (Wildman–Crippen MR) is 166 cm³/mol. The number of fused-ring (bicyclic) bond motifs is 1. The summed E-state index contributed by atoms with van der Waals surface area (Å²) >= 11 is 0. The van der Waals surface area contributed by atoms with Gasteiger partial charge in [0.15, 0.2) is 11.5 Å². The van der Waals surface area contributed by atoms with Crippen LogP contribution in [0.3, 0.4) is 0 Å². The maximum atomic E-state index is 11.9. The zero-order valence-electron chi connectivity index (χ0n) is 25.3. The molecule has 2 heterocycles. The number of carbonyl (C=O) groups excluding carboxylic acids is 1. The van der Waals surface area contributed by atoms with Crippen molar-refractivity contribution in [3.05, 3.63) is 77.0 Å². The Labute approximate surface area is 258 Å². The number of carbonyl (C=O) groups is 1. The van der Waals surface area contributed by atoms with Crippen molar-refractivity contribution >= 4 is 34.2 Å². The molecule has 1 aliphatic rings. The van der Waals surface area contributed by atoms with E-state index in [1.165, 1.54) is 0 Å². The van der Waals surface area contributed by atoms with Crippen molar-refractivity contribution in [3.63, 3.8) is 0 Å². The summed E-state index contributed by atoms with van der Waals surface area (Å²) in [6.45, 7) is 9.38. The zero-order valence-corrected chi connectivity index (χ0v) is 26.1. The van der Waals surface area contributed by atoms with Gasteiger partial charge in [0.25, 0.3) is 0 Å². The third kappa shape index (κ3) is 10.5. The number of anilines is 1. The van der Waals surface area contributed by atoms with Crippen LogP contribution in [0.15, 0.2) is 54.7 Å². The summed E-state index contributed by atoms with van der Waals surface area (Å²) in [6, 6.07) is 14.8. The third-order valence-corrected chi connectivity index (χ3v) is 6.93. The third-order valence-electron chi connectivity index (χ3n) is 6.18. The molecule has 12 heteroatoms. The maximum absolute atomic E-state index is 11.9. The molecule has 0 unspecified atom stereocenters. The Balaban J connectivity index is 1.08. The highest BCUT2D eigenvalue weighted by molar-refractivity contribution is 7.82. The van der Waals surface area contributed by atoms with E-state index < -0.39 is 16.0 Å². The topological polar surface area (TPSA) is 132 Å². The van der Waals surface area contributed by atoms with Gasteiger partial charge in [0.05, 0.1) is 26.4 Å². The smallest absolute Gasteiger partial charge is 0.475 e. The van der Waals surface area contributed by atoms with Gasteiger partial charge in [-0.25, -0.2) is 4.98 Å². The van der Waals surface area contributed by atoms with Crippen LogP contribution >= 0.6 is 0 Å². The monoisotopic (exact) mass is 626 g/mol. The van der Waals surface area contributed by atoms with Crippen LogP contribution in [0.5, 0.6) is 17.4 Å². The predicted octanol–water partition coefficient (Wildman–Crippen LogP) is 4.98.